The van der Waals surface area contributed by atoms with Crippen molar-refractivity contribution in [3.63, 3.8) is 0 Å². The number of hydrogen-bond acceptors (Lipinski definition) is 2. The van der Waals surface area contributed by atoms with Crippen molar-refractivity contribution in [2.24, 2.45) is 17.8 Å². The molecule has 1 aliphatic heterocycles. The quantitative estimate of drug-likeness (QED) is 0.667. The molecule has 17 heavy (non-hydrogen) atoms. The Bertz CT molecular complexity index is 392. The predicted octanol–water partition coefficient (Wildman–Crippen LogP) is 2.24. The SMILES string of the molecule is CN1C2CCCC3CCCCC3C2CS1(=O)=O. The number of nitrogens with zero attached hydrogens (tertiary/aromatic N) is 1. The van der Waals surface area contributed by atoms with Crippen molar-refractivity contribution in [1.29, 1.82) is 0 Å². The van der Waals surface area contributed by atoms with Crippen LogP contribution in [0.15, 0.2) is 0 Å². The number of hydrogen-bond donors (Lipinski definition) is 0. The minimum atomic E-state index is -2.94. The van der Waals surface area contributed by atoms with Crippen LogP contribution < -0.4 is 0 Å². The zero-order chi connectivity index (χ0) is 12.0. The first kappa shape index (κ1) is 12.0. The molecule has 0 spiro atoms. The van der Waals surface area contributed by atoms with E-state index in [-0.39, 0.29) is 0 Å². The van der Waals surface area contributed by atoms with Crippen LogP contribution in [0.2, 0.25) is 0 Å². The Morgan fingerprint density at radius 1 is 0.941 bits per heavy atom. The second kappa shape index (κ2) is 4.23. The van der Waals surface area contributed by atoms with Crippen molar-refractivity contribution in [1.82, 2.24) is 4.31 Å². The van der Waals surface area contributed by atoms with Crippen molar-refractivity contribution >= 4 is 10.0 Å². The van der Waals surface area contributed by atoms with Gasteiger partial charge in [-0.1, -0.05) is 32.1 Å². The summed E-state index contributed by atoms with van der Waals surface area (Å²) in [7, 11) is -1.15. The van der Waals surface area contributed by atoms with E-state index in [1.54, 1.807) is 11.4 Å². The fourth-order valence-corrected chi connectivity index (χ4v) is 6.37. The summed E-state index contributed by atoms with van der Waals surface area (Å²) in [6.07, 6.45) is 8.95. The van der Waals surface area contributed by atoms with Crippen LogP contribution in [0.3, 0.4) is 0 Å². The summed E-state index contributed by atoms with van der Waals surface area (Å²) >= 11 is 0. The molecule has 3 fully saturated rings. The fourth-order valence-electron chi connectivity index (χ4n) is 4.50. The van der Waals surface area contributed by atoms with Gasteiger partial charge < -0.3 is 0 Å². The zero-order valence-corrected chi connectivity index (χ0v) is 11.5. The molecule has 1 heterocycles. The van der Waals surface area contributed by atoms with Gasteiger partial charge in [0.2, 0.25) is 10.0 Å². The summed E-state index contributed by atoms with van der Waals surface area (Å²) in [6.45, 7) is 0. The van der Waals surface area contributed by atoms with Gasteiger partial charge in [-0.2, -0.15) is 0 Å². The number of rotatable bonds is 0. The van der Waals surface area contributed by atoms with Crippen LogP contribution in [-0.4, -0.2) is 31.6 Å². The van der Waals surface area contributed by atoms with Crippen LogP contribution >= 0.6 is 0 Å². The molecule has 0 aromatic heterocycles. The van der Waals surface area contributed by atoms with Gasteiger partial charge in [0.1, 0.15) is 0 Å². The van der Waals surface area contributed by atoms with E-state index in [0.717, 1.165) is 12.3 Å². The summed E-state index contributed by atoms with van der Waals surface area (Å²) in [5.74, 6) is 2.37. The first-order valence-corrected chi connectivity index (χ1v) is 8.66. The summed E-state index contributed by atoms with van der Waals surface area (Å²) in [4.78, 5) is 0. The topological polar surface area (TPSA) is 37.4 Å². The first-order valence-electron chi connectivity index (χ1n) is 7.05. The molecule has 2 aliphatic carbocycles. The Labute approximate surface area is 105 Å². The van der Waals surface area contributed by atoms with Crippen molar-refractivity contribution < 1.29 is 8.42 Å². The molecular formula is C13H23NO2S. The van der Waals surface area contributed by atoms with E-state index in [1.807, 2.05) is 0 Å². The lowest BCUT2D eigenvalue weighted by Crippen LogP contribution is -2.35. The molecule has 0 radical (unpaired) electrons. The monoisotopic (exact) mass is 257 g/mol. The van der Waals surface area contributed by atoms with Gasteiger partial charge in [-0.05, 0) is 30.6 Å². The van der Waals surface area contributed by atoms with Gasteiger partial charge in [-0.15, -0.1) is 0 Å². The maximum Gasteiger partial charge on any atom is 0.214 e. The van der Waals surface area contributed by atoms with Crippen molar-refractivity contribution in [2.75, 3.05) is 12.8 Å². The molecule has 0 amide bonds. The second-order valence-electron chi connectivity index (χ2n) is 6.17. The highest BCUT2D eigenvalue weighted by Gasteiger charge is 2.49. The Morgan fingerprint density at radius 3 is 2.47 bits per heavy atom. The number of fused-ring (bicyclic) bond motifs is 3. The minimum Gasteiger partial charge on any atom is -0.212 e. The zero-order valence-electron chi connectivity index (χ0n) is 10.6. The van der Waals surface area contributed by atoms with Gasteiger partial charge in [0.05, 0.1) is 5.75 Å². The summed E-state index contributed by atoms with van der Waals surface area (Å²) in [5.41, 5.74) is 0. The minimum absolute atomic E-state index is 0.313. The maximum absolute atomic E-state index is 12.0. The van der Waals surface area contributed by atoms with Crippen LogP contribution in [0.25, 0.3) is 0 Å². The van der Waals surface area contributed by atoms with E-state index < -0.39 is 10.0 Å². The van der Waals surface area contributed by atoms with E-state index >= 15 is 0 Å². The fraction of sp³-hybridized carbons (Fsp3) is 1.00. The summed E-state index contributed by atoms with van der Waals surface area (Å²) in [5, 5.41) is 0. The van der Waals surface area contributed by atoms with Gasteiger partial charge in [-0.3, -0.25) is 0 Å². The molecular weight excluding hydrogens is 234 g/mol. The third kappa shape index (κ3) is 1.93. The predicted molar refractivity (Wildman–Crippen MR) is 68.1 cm³/mol. The Kier molecular flexibility index (Phi) is 2.98. The molecule has 2 saturated carbocycles. The molecule has 4 heteroatoms. The van der Waals surface area contributed by atoms with E-state index in [4.69, 9.17) is 0 Å². The van der Waals surface area contributed by atoms with Gasteiger partial charge in [-0.25, -0.2) is 12.7 Å². The molecule has 3 nitrogen and oxygen atoms in total. The second-order valence-corrected chi connectivity index (χ2v) is 8.24. The van der Waals surface area contributed by atoms with Gasteiger partial charge >= 0.3 is 0 Å². The molecule has 0 aromatic rings. The van der Waals surface area contributed by atoms with Crippen molar-refractivity contribution in [3.8, 4) is 0 Å². The third-order valence-corrected chi connectivity index (χ3v) is 7.35. The lowest BCUT2D eigenvalue weighted by atomic mass is 9.71. The van der Waals surface area contributed by atoms with E-state index in [1.165, 1.54) is 38.5 Å². The van der Waals surface area contributed by atoms with Crippen LogP contribution in [0.5, 0.6) is 0 Å². The third-order valence-electron chi connectivity index (χ3n) is 5.40. The highest BCUT2D eigenvalue weighted by Crippen LogP contribution is 2.47. The molecule has 98 valence electrons. The van der Waals surface area contributed by atoms with Crippen LogP contribution in [-0.2, 0) is 10.0 Å². The van der Waals surface area contributed by atoms with Crippen molar-refractivity contribution in [3.05, 3.63) is 0 Å². The van der Waals surface area contributed by atoms with Crippen LogP contribution in [0.1, 0.15) is 44.9 Å². The molecule has 4 unspecified atom stereocenters. The molecule has 0 bridgehead atoms. The maximum atomic E-state index is 12.0. The highest BCUT2D eigenvalue weighted by molar-refractivity contribution is 7.89. The highest BCUT2D eigenvalue weighted by atomic mass is 32.2. The van der Waals surface area contributed by atoms with E-state index in [9.17, 15) is 8.42 Å². The number of sulfonamides is 1. The molecule has 0 aromatic carbocycles. The van der Waals surface area contributed by atoms with Crippen LogP contribution in [0.4, 0.5) is 0 Å². The Morgan fingerprint density at radius 2 is 1.65 bits per heavy atom. The van der Waals surface area contributed by atoms with E-state index in [0.29, 0.717) is 23.6 Å². The molecule has 3 rings (SSSR count). The van der Waals surface area contributed by atoms with Crippen LogP contribution in [0, 0.1) is 17.8 Å². The summed E-state index contributed by atoms with van der Waals surface area (Å²) in [6, 6.07) is 0.313. The van der Waals surface area contributed by atoms with Gasteiger partial charge in [0.25, 0.3) is 0 Å². The Hall–Kier alpha value is -0.0900. The largest absolute Gasteiger partial charge is 0.214 e. The smallest absolute Gasteiger partial charge is 0.212 e. The standard InChI is InChI=1S/C13H23NO2S/c1-14-13-8-4-6-10-5-2-3-7-11(10)12(13)9-17(14,15)16/h10-13H,2-9H2,1H3. The molecule has 1 saturated heterocycles. The molecule has 0 N–H and O–H groups in total. The normalized spacial score (nSPS) is 45.9. The molecule has 4 atom stereocenters. The summed E-state index contributed by atoms with van der Waals surface area (Å²) < 4.78 is 25.8. The lowest BCUT2D eigenvalue weighted by Gasteiger charge is -2.35. The van der Waals surface area contributed by atoms with Crippen molar-refractivity contribution in [2.45, 2.75) is 51.0 Å². The average Bonchev–Trinajstić information content (AvgIpc) is 2.47. The van der Waals surface area contributed by atoms with Gasteiger partial charge in [0.15, 0.2) is 0 Å². The first-order chi connectivity index (χ1) is 8.09. The van der Waals surface area contributed by atoms with E-state index in [2.05, 4.69) is 0 Å². The average molecular weight is 257 g/mol. The lowest BCUT2D eigenvalue weighted by molar-refractivity contribution is 0.151. The molecule has 3 aliphatic rings. The van der Waals surface area contributed by atoms with Gasteiger partial charge in [0, 0.05) is 13.1 Å². The Balaban J connectivity index is 1.90.